The molecule has 0 bridgehead atoms. The molecule has 0 unspecified atom stereocenters. The maximum absolute atomic E-state index is 11.3. The first-order valence-electron chi connectivity index (χ1n) is 6.93. The summed E-state index contributed by atoms with van der Waals surface area (Å²) in [5.74, 6) is 0.696. The van der Waals surface area contributed by atoms with Gasteiger partial charge in [-0.1, -0.05) is 0 Å². The molecule has 0 amide bonds. The molecule has 1 N–H and O–H groups in total. The third kappa shape index (κ3) is 4.57. The van der Waals surface area contributed by atoms with Gasteiger partial charge in [0.2, 0.25) is 0 Å². The minimum atomic E-state index is -2.95. The van der Waals surface area contributed by atoms with Crippen molar-refractivity contribution in [3.05, 3.63) is 17.5 Å². The van der Waals surface area contributed by atoms with Crippen molar-refractivity contribution in [2.45, 2.75) is 31.8 Å². The quantitative estimate of drug-likeness (QED) is 0.674. The van der Waals surface area contributed by atoms with Gasteiger partial charge in [0.1, 0.15) is 9.84 Å². The zero-order chi connectivity index (χ0) is 14.6. The van der Waals surface area contributed by atoms with Gasteiger partial charge < -0.3 is 10.1 Å². The van der Waals surface area contributed by atoms with E-state index >= 15 is 0 Å². The number of hydrogen-bond donors (Lipinski definition) is 1. The number of nitrogens with one attached hydrogen (secondary N) is 1. The monoisotopic (exact) mass is 301 g/mol. The van der Waals surface area contributed by atoms with Crippen molar-refractivity contribution in [3.63, 3.8) is 0 Å². The number of ether oxygens (including phenoxy) is 1. The molecule has 20 heavy (non-hydrogen) atoms. The van der Waals surface area contributed by atoms with E-state index < -0.39 is 9.84 Å². The van der Waals surface area contributed by atoms with Crippen LogP contribution in [0.15, 0.2) is 6.20 Å². The van der Waals surface area contributed by atoms with Crippen molar-refractivity contribution in [1.29, 1.82) is 0 Å². The average Bonchev–Trinajstić information content (AvgIpc) is 3.13. The van der Waals surface area contributed by atoms with Crippen LogP contribution in [0.2, 0.25) is 0 Å². The Labute approximate surface area is 120 Å². The Morgan fingerprint density at radius 3 is 2.85 bits per heavy atom. The van der Waals surface area contributed by atoms with Gasteiger partial charge in [0.15, 0.2) is 0 Å². The van der Waals surface area contributed by atoms with Crippen LogP contribution in [0.1, 0.15) is 30.0 Å². The molecule has 0 aromatic carbocycles. The Bertz CT molecular complexity index is 535. The topological polar surface area (TPSA) is 73.2 Å². The van der Waals surface area contributed by atoms with E-state index in [-0.39, 0.29) is 5.75 Å². The first kappa shape index (κ1) is 15.5. The Balaban J connectivity index is 2.00. The van der Waals surface area contributed by atoms with E-state index in [2.05, 4.69) is 10.4 Å². The molecule has 7 heteroatoms. The molecular weight excluding hydrogens is 278 g/mol. The molecule has 1 aromatic rings. The summed E-state index contributed by atoms with van der Waals surface area (Å²) in [5.41, 5.74) is 2.38. The smallest absolute Gasteiger partial charge is 0.149 e. The molecule has 1 aromatic heterocycles. The van der Waals surface area contributed by atoms with Gasteiger partial charge in [-0.05, 0) is 12.8 Å². The third-order valence-corrected chi connectivity index (χ3v) is 4.32. The van der Waals surface area contributed by atoms with Crippen molar-refractivity contribution in [3.8, 4) is 0 Å². The zero-order valence-electron chi connectivity index (χ0n) is 12.1. The van der Waals surface area contributed by atoms with Gasteiger partial charge in [-0.15, -0.1) is 0 Å². The van der Waals surface area contributed by atoms with E-state index in [0.29, 0.717) is 19.1 Å². The second-order valence-corrected chi connectivity index (χ2v) is 7.61. The molecule has 1 saturated carbocycles. The van der Waals surface area contributed by atoms with Gasteiger partial charge in [-0.3, -0.25) is 4.68 Å². The van der Waals surface area contributed by atoms with Gasteiger partial charge in [0, 0.05) is 43.6 Å². The lowest BCUT2D eigenvalue weighted by Gasteiger charge is -2.09. The standard InChI is InChI=1S/C13H23N3O3S/c1-19-7-5-14-9-12-10-15-16(6-8-20(2,17)18)13(12)11-3-4-11/h10-11,14H,3-9H2,1-2H3. The fourth-order valence-corrected chi connectivity index (χ4v) is 2.73. The van der Waals surface area contributed by atoms with Crippen molar-refractivity contribution in [2.75, 3.05) is 32.3 Å². The van der Waals surface area contributed by atoms with Crippen molar-refractivity contribution in [2.24, 2.45) is 0 Å². The normalized spacial score (nSPS) is 15.7. The summed E-state index contributed by atoms with van der Waals surface area (Å²) in [6, 6.07) is 0. The highest BCUT2D eigenvalue weighted by atomic mass is 32.2. The summed E-state index contributed by atoms with van der Waals surface area (Å²) in [6.45, 7) is 2.69. The molecule has 0 spiro atoms. The molecule has 1 aliphatic rings. The van der Waals surface area contributed by atoms with Crippen LogP contribution < -0.4 is 5.32 Å². The molecule has 114 valence electrons. The Morgan fingerprint density at radius 2 is 2.25 bits per heavy atom. The molecule has 6 nitrogen and oxygen atoms in total. The number of nitrogens with zero attached hydrogens (tertiary/aromatic N) is 2. The highest BCUT2D eigenvalue weighted by molar-refractivity contribution is 7.90. The third-order valence-electron chi connectivity index (χ3n) is 3.40. The van der Waals surface area contributed by atoms with Gasteiger partial charge in [0.05, 0.1) is 25.1 Å². The van der Waals surface area contributed by atoms with Crippen LogP contribution >= 0.6 is 0 Å². The summed E-state index contributed by atoms with van der Waals surface area (Å²) in [6.07, 6.45) is 5.47. The molecule has 0 aliphatic heterocycles. The minimum absolute atomic E-state index is 0.144. The fourth-order valence-electron chi connectivity index (χ4n) is 2.23. The van der Waals surface area contributed by atoms with E-state index in [1.54, 1.807) is 7.11 Å². The second kappa shape index (κ2) is 6.69. The molecule has 0 saturated heterocycles. The van der Waals surface area contributed by atoms with Crippen LogP contribution in [0, 0.1) is 0 Å². The summed E-state index contributed by atoms with van der Waals surface area (Å²) >= 11 is 0. The highest BCUT2D eigenvalue weighted by Gasteiger charge is 2.30. The lowest BCUT2D eigenvalue weighted by molar-refractivity contribution is 0.199. The number of hydrogen-bond acceptors (Lipinski definition) is 5. The van der Waals surface area contributed by atoms with E-state index in [9.17, 15) is 8.42 Å². The van der Waals surface area contributed by atoms with Crippen LogP contribution in [0.3, 0.4) is 0 Å². The van der Waals surface area contributed by atoms with Crippen LogP contribution in [-0.2, 0) is 27.7 Å². The minimum Gasteiger partial charge on any atom is -0.383 e. The van der Waals surface area contributed by atoms with E-state index in [0.717, 1.165) is 13.1 Å². The Morgan fingerprint density at radius 1 is 1.50 bits per heavy atom. The number of aryl methyl sites for hydroxylation is 1. The maximum Gasteiger partial charge on any atom is 0.149 e. The average molecular weight is 301 g/mol. The summed E-state index contributed by atoms with van der Waals surface area (Å²) in [4.78, 5) is 0. The lowest BCUT2D eigenvalue weighted by atomic mass is 10.2. The van der Waals surface area contributed by atoms with Crippen LogP contribution in [-0.4, -0.2) is 50.5 Å². The van der Waals surface area contributed by atoms with Gasteiger partial charge in [-0.2, -0.15) is 5.10 Å². The van der Waals surface area contributed by atoms with Gasteiger partial charge in [-0.25, -0.2) is 8.42 Å². The summed E-state index contributed by atoms with van der Waals surface area (Å²) < 4.78 is 29.4. The molecular formula is C13H23N3O3S. The second-order valence-electron chi connectivity index (χ2n) is 5.35. The zero-order valence-corrected chi connectivity index (χ0v) is 12.9. The first-order valence-corrected chi connectivity index (χ1v) is 8.99. The molecule has 2 rings (SSSR count). The van der Waals surface area contributed by atoms with E-state index in [1.165, 1.54) is 30.4 Å². The molecule has 0 radical (unpaired) electrons. The predicted molar refractivity (Wildman–Crippen MR) is 77.5 cm³/mol. The van der Waals surface area contributed by atoms with E-state index in [4.69, 9.17) is 4.74 Å². The lowest BCUT2D eigenvalue weighted by Crippen LogP contribution is -2.19. The van der Waals surface area contributed by atoms with Crippen molar-refractivity contribution >= 4 is 9.84 Å². The molecule has 1 heterocycles. The SMILES string of the molecule is COCCNCc1cnn(CCS(C)(=O)=O)c1C1CC1. The number of methoxy groups -OCH3 is 1. The first-order chi connectivity index (χ1) is 9.51. The molecule has 1 aliphatic carbocycles. The van der Waals surface area contributed by atoms with E-state index in [1.807, 2.05) is 10.9 Å². The van der Waals surface area contributed by atoms with Crippen LogP contribution in [0.5, 0.6) is 0 Å². The maximum atomic E-state index is 11.3. The fraction of sp³-hybridized carbons (Fsp3) is 0.769. The predicted octanol–water partition coefficient (Wildman–Crippen LogP) is 0.541. The van der Waals surface area contributed by atoms with Crippen LogP contribution in [0.25, 0.3) is 0 Å². The number of rotatable bonds is 9. The van der Waals surface area contributed by atoms with Crippen molar-refractivity contribution < 1.29 is 13.2 Å². The Hall–Kier alpha value is -0.920. The largest absolute Gasteiger partial charge is 0.383 e. The highest BCUT2D eigenvalue weighted by Crippen LogP contribution is 2.41. The van der Waals surface area contributed by atoms with Crippen molar-refractivity contribution in [1.82, 2.24) is 15.1 Å². The molecule has 0 atom stereocenters. The van der Waals surface area contributed by atoms with Crippen LogP contribution in [0.4, 0.5) is 0 Å². The van der Waals surface area contributed by atoms with Gasteiger partial charge in [0.25, 0.3) is 0 Å². The number of aromatic nitrogens is 2. The van der Waals surface area contributed by atoms with Gasteiger partial charge >= 0.3 is 0 Å². The Kier molecular flexibility index (Phi) is 5.17. The summed E-state index contributed by atoms with van der Waals surface area (Å²) in [7, 11) is -1.27. The molecule has 1 fully saturated rings. The summed E-state index contributed by atoms with van der Waals surface area (Å²) in [5, 5.41) is 7.68. The number of sulfone groups is 1.